The molecule has 0 unspecified atom stereocenters. The molecule has 19 heavy (non-hydrogen) atoms. The maximum atomic E-state index is 12.9. The molecule has 0 amide bonds. The highest BCUT2D eigenvalue weighted by atomic mass is 19.4. The van der Waals surface area contributed by atoms with Crippen LogP contribution in [0.15, 0.2) is 18.2 Å². The Morgan fingerprint density at radius 2 is 2.00 bits per heavy atom. The number of aryl methyl sites for hydroxylation is 1. The molecular formula is C14H15F3O2. The van der Waals surface area contributed by atoms with Crippen LogP contribution in [0.4, 0.5) is 13.2 Å². The van der Waals surface area contributed by atoms with Crippen molar-refractivity contribution in [3.63, 3.8) is 0 Å². The van der Waals surface area contributed by atoms with Gasteiger partial charge in [-0.3, -0.25) is 4.79 Å². The number of carbonyl (C=O) groups is 1. The van der Waals surface area contributed by atoms with Crippen molar-refractivity contribution in [3.05, 3.63) is 34.9 Å². The molecule has 0 aromatic heterocycles. The zero-order valence-corrected chi connectivity index (χ0v) is 10.5. The maximum absolute atomic E-state index is 12.9. The van der Waals surface area contributed by atoms with E-state index in [0.29, 0.717) is 18.4 Å². The molecule has 0 radical (unpaired) electrons. The second-order valence-corrected chi connectivity index (χ2v) is 5.23. The first kappa shape index (κ1) is 13.9. The van der Waals surface area contributed by atoms with Crippen molar-refractivity contribution < 1.29 is 23.1 Å². The molecule has 0 aliphatic heterocycles. The average molecular weight is 272 g/mol. The lowest BCUT2D eigenvalue weighted by Gasteiger charge is -2.41. The number of hydrogen-bond donors (Lipinski definition) is 1. The van der Waals surface area contributed by atoms with E-state index in [1.54, 1.807) is 6.07 Å². The van der Waals surface area contributed by atoms with Crippen LogP contribution in [0.3, 0.4) is 0 Å². The molecular weight excluding hydrogens is 257 g/mol. The van der Waals surface area contributed by atoms with Crippen molar-refractivity contribution in [2.75, 3.05) is 0 Å². The van der Waals surface area contributed by atoms with Crippen LogP contribution < -0.4 is 0 Å². The van der Waals surface area contributed by atoms with E-state index in [2.05, 4.69) is 0 Å². The van der Waals surface area contributed by atoms with Crippen LogP contribution in [-0.4, -0.2) is 11.1 Å². The van der Waals surface area contributed by atoms with Gasteiger partial charge in [-0.2, -0.15) is 13.2 Å². The van der Waals surface area contributed by atoms with Crippen LogP contribution in [0, 0.1) is 6.92 Å². The summed E-state index contributed by atoms with van der Waals surface area (Å²) in [6.45, 7) is 1.41. The number of carboxylic acids is 1. The van der Waals surface area contributed by atoms with E-state index in [1.165, 1.54) is 13.0 Å². The quantitative estimate of drug-likeness (QED) is 0.905. The summed E-state index contributed by atoms with van der Waals surface area (Å²) in [6, 6.07) is 4.18. The third-order valence-corrected chi connectivity index (χ3v) is 3.96. The molecule has 0 spiro atoms. The monoisotopic (exact) mass is 272 g/mol. The number of carboxylic acid groups (broad SMARTS) is 1. The summed E-state index contributed by atoms with van der Waals surface area (Å²) in [4.78, 5) is 10.9. The average Bonchev–Trinajstić information content (AvgIpc) is 2.22. The van der Waals surface area contributed by atoms with Gasteiger partial charge >= 0.3 is 12.1 Å². The lowest BCUT2D eigenvalue weighted by Crippen LogP contribution is -2.36. The molecule has 0 saturated heterocycles. The fraction of sp³-hybridized carbons (Fsp3) is 0.500. The second-order valence-electron chi connectivity index (χ2n) is 5.23. The van der Waals surface area contributed by atoms with E-state index in [1.807, 2.05) is 0 Å². The Hall–Kier alpha value is -1.52. The zero-order chi connectivity index (χ0) is 14.3. The van der Waals surface area contributed by atoms with Gasteiger partial charge in [-0.15, -0.1) is 0 Å². The van der Waals surface area contributed by atoms with Crippen molar-refractivity contribution in [1.29, 1.82) is 0 Å². The number of benzene rings is 1. The summed E-state index contributed by atoms with van der Waals surface area (Å²) < 4.78 is 38.7. The first-order chi connectivity index (χ1) is 8.74. The van der Waals surface area contributed by atoms with Crippen LogP contribution in [0.25, 0.3) is 0 Å². The summed E-state index contributed by atoms with van der Waals surface area (Å²) in [5, 5.41) is 8.94. The van der Waals surface area contributed by atoms with E-state index in [4.69, 9.17) is 5.11 Å². The molecule has 1 aliphatic rings. The third kappa shape index (κ3) is 2.60. The third-order valence-electron chi connectivity index (χ3n) is 3.96. The largest absolute Gasteiger partial charge is 0.481 e. The zero-order valence-electron chi connectivity index (χ0n) is 10.5. The smallest absolute Gasteiger partial charge is 0.416 e. The summed E-state index contributed by atoms with van der Waals surface area (Å²) in [6.07, 6.45) is -2.36. The topological polar surface area (TPSA) is 37.3 Å². The first-order valence-corrected chi connectivity index (χ1v) is 6.15. The summed E-state index contributed by atoms with van der Waals surface area (Å²) in [7, 11) is 0. The van der Waals surface area contributed by atoms with Gasteiger partial charge in [0.1, 0.15) is 0 Å². The SMILES string of the molecule is Cc1ccc(C2(CC(=O)O)CCC2)cc1C(F)(F)F. The maximum Gasteiger partial charge on any atom is 0.416 e. The van der Waals surface area contributed by atoms with Crippen molar-refractivity contribution in [3.8, 4) is 0 Å². The Balaban J connectivity index is 2.43. The summed E-state index contributed by atoms with van der Waals surface area (Å²) in [5.74, 6) is -0.964. The predicted octanol–water partition coefficient (Wildman–Crippen LogP) is 3.91. The molecule has 0 atom stereocenters. The lowest BCUT2D eigenvalue weighted by molar-refractivity contribution is -0.139. The number of aliphatic carboxylic acids is 1. The minimum Gasteiger partial charge on any atom is -0.481 e. The standard InChI is InChI=1S/C14H15F3O2/c1-9-3-4-10(7-11(9)14(15,16)17)13(5-2-6-13)8-12(18)19/h3-4,7H,2,5-6,8H2,1H3,(H,18,19). The highest BCUT2D eigenvalue weighted by molar-refractivity contribution is 5.69. The van der Waals surface area contributed by atoms with Gasteiger partial charge in [0.05, 0.1) is 12.0 Å². The fourth-order valence-corrected chi connectivity index (χ4v) is 2.72. The molecule has 1 aromatic carbocycles. The lowest BCUT2D eigenvalue weighted by atomic mass is 9.62. The van der Waals surface area contributed by atoms with E-state index >= 15 is 0 Å². The highest BCUT2D eigenvalue weighted by Crippen LogP contribution is 2.47. The van der Waals surface area contributed by atoms with Crippen LogP contribution in [0.2, 0.25) is 0 Å². The molecule has 1 fully saturated rings. The van der Waals surface area contributed by atoms with E-state index < -0.39 is 23.1 Å². The number of rotatable bonds is 3. The Bertz CT molecular complexity index is 502. The number of alkyl halides is 3. The van der Waals surface area contributed by atoms with Crippen molar-refractivity contribution in [2.45, 2.75) is 44.2 Å². The van der Waals surface area contributed by atoms with E-state index in [9.17, 15) is 18.0 Å². The molecule has 5 heteroatoms. The second kappa shape index (κ2) is 4.54. The van der Waals surface area contributed by atoms with Crippen LogP contribution in [0.1, 0.15) is 42.4 Å². The minimum absolute atomic E-state index is 0.104. The Kier molecular flexibility index (Phi) is 3.32. The fourth-order valence-electron chi connectivity index (χ4n) is 2.72. The molecule has 0 heterocycles. The van der Waals surface area contributed by atoms with Gasteiger partial charge in [0.2, 0.25) is 0 Å². The molecule has 2 rings (SSSR count). The first-order valence-electron chi connectivity index (χ1n) is 6.15. The van der Waals surface area contributed by atoms with Gasteiger partial charge in [0, 0.05) is 5.41 Å². The number of halogens is 3. The molecule has 0 bridgehead atoms. The van der Waals surface area contributed by atoms with Crippen molar-refractivity contribution in [2.24, 2.45) is 0 Å². The summed E-state index contributed by atoms with van der Waals surface area (Å²) >= 11 is 0. The van der Waals surface area contributed by atoms with Crippen LogP contribution in [0.5, 0.6) is 0 Å². The van der Waals surface area contributed by atoms with Crippen LogP contribution in [-0.2, 0) is 16.4 Å². The predicted molar refractivity (Wildman–Crippen MR) is 64.0 cm³/mol. The molecule has 104 valence electrons. The van der Waals surface area contributed by atoms with Gasteiger partial charge in [-0.05, 0) is 37.0 Å². The van der Waals surface area contributed by atoms with Crippen molar-refractivity contribution in [1.82, 2.24) is 0 Å². The minimum atomic E-state index is -4.39. The number of hydrogen-bond acceptors (Lipinski definition) is 1. The Morgan fingerprint density at radius 1 is 1.37 bits per heavy atom. The van der Waals surface area contributed by atoms with Crippen molar-refractivity contribution >= 4 is 5.97 Å². The molecule has 1 N–H and O–H groups in total. The molecule has 1 aromatic rings. The summed E-state index contributed by atoms with van der Waals surface area (Å²) in [5.41, 5.74) is -0.610. The van der Waals surface area contributed by atoms with E-state index in [0.717, 1.165) is 12.5 Å². The van der Waals surface area contributed by atoms with Gasteiger partial charge in [0.25, 0.3) is 0 Å². The molecule has 1 aliphatic carbocycles. The highest BCUT2D eigenvalue weighted by Gasteiger charge is 2.42. The van der Waals surface area contributed by atoms with Gasteiger partial charge in [-0.1, -0.05) is 18.6 Å². The Labute approximate surface area is 109 Å². The molecule has 2 nitrogen and oxygen atoms in total. The van der Waals surface area contributed by atoms with Gasteiger partial charge in [-0.25, -0.2) is 0 Å². The normalized spacial score (nSPS) is 17.9. The Morgan fingerprint density at radius 3 is 2.42 bits per heavy atom. The molecule has 1 saturated carbocycles. The van der Waals surface area contributed by atoms with Gasteiger partial charge < -0.3 is 5.11 Å². The van der Waals surface area contributed by atoms with Gasteiger partial charge in [0.15, 0.2) is 0 Å². The van der Waals surface area contributed by atoms with Crippen LogP contribution >= 0.6 is 0 Å². The van der Waals surface area contributed by atoms with E-state index in [-0.39, 0.29) is 12.0 Å².